The molecule has 94 valence electrons. The molecule has 4 heteroatoms. The quantitative estimate of drug-likeness (QED) is 0.773. The summed E-state index contributed by atoms with van der Waals surface area (Å²) in [6.45, 7) is 0.810. The van der Waals surface area contributed by atoms with Crippen molar-refractivity contribution in [3.8, 4) is 5.75 Å². The van der Waals surface area contributed by atoms with Gasteiger partial charge in [-0.25, -0.2) is 0 Å². The van der Waals surface area contributed by atoms with E-state index in [1.54, 1.807) is 7.11 Å². The highest BCUT2D eigenvalue weighted by Crippen LogP contribution is 2.38. The van der Waals surface area contributed by atoms with Gasteiger partial charge in [-0.3, -0.25) is 0 Å². The molecule has 2 nitrogen and oxygen atoms in total. The third-order valence-corrected chi connectivity index (χ3v) is 4.04. The van der Waals surface area contributed by atoms with E-state index in [0.29, 0.717) is 0 Å². The van der Waals surface area contributed by atoms with Gasteiger partial charge in [0.25, 0.3) is 0 Å². The fourth-order valence-electron chi connectivity index (χ4n) is 2.12. The van der Waals surface area contributed by atoms with Gasteiger partial charge in [0.15, 0.2) is 0 Å². The van der Waals surface area contributed by atoms with Crippen LogP contribution in [-0.2, 0) is 4.74 Å². The summed E-state index contributed by atoms with van der Waals surface area (Å²) in [4.78, 5) is 0. The zero-order chi connectivity index (χ0) is 12.3. The molecule has 0 aliphatic carbocycles. The summed E-state index contributed by atoms with van der Waals surface area (Å²) in [5.74, 6) is 0.822. The van der Waals surface area contributed by atoms with E-state index >= 15 is 0 Å². The molecule has 0 N–H and O–H groups in total. The Hall–Kier alpha value is -0.250. The lowest BCUT2D eigenvalue weighted by molar-refractivity contribution is 0.0132. The van der Waals surface area contributed by atoms with Crippen LogP contribution in [0.3, 0.4) is 0 Å². The van der Waals surface area contributed by atoms with Crippen molar-refractivity contribution in [2.75, 3.05) is 13.7 Å². The SMILES string of the molecule is COc1ccc(Br)cc1C(Cl)C1CCCCO1. The van der Waals surface area contributed by atoms with Crippen molar-refractivity contribution in [3.63, 3.8) is 0 Å². The summed E-state index contributed by atoms with van der Waals surface area (Å²) in [7, 11) is 1.66. The monoisotopic (exact) mass is 318 g/mol. The Morgan fingerprint density at radius 1 is 1.47 bits per heavy atom. The van der Waals surface area contributed by atoms with Gasteiger partial charge in [-0.1, -0.05) is 15.9 Å². The van der Waals surface area contributed by atoms with E-state index in [4.69, 9.17) is 21.1 Å². The van der Waals surface area contributed by atoms with Gasteiger partial charge in [-0.15, -0.1) is 11.6 Å². The number of methoxy groups -OCH3 is 1. The highest BCUT2D eigenvalue weighted by molar-refractivity contribution is 9.10. The maximum absolute atomic E-state index is 6.52. The van der Waals surface area contributed by atoms with Gasteiger partial charge in [-0.05, 0) is 37.5 Å². The summed E-state index contributed by atoms with van der Waals surface area (Å²) in [5.41, 5.74) is 0.996. The number of hydrogen-bond acceptors (Lipinski definition) is 2. The normalized spacial score (nSPS) is 22.2. The summed E-state index contributed by atoms with van der Waals surface area (Å²) >= 11 is 9.98. The predicted molar refractivity (Wildman–Crippen MR) is 72.9 cm³/mol. The van der Waals surface area contributed by atoms with Gasteiger partial charge in [0.2, 0.25) is 0 Å². The van der Waals surface area contributed by atoms with Crippen LogP contribution < -0.4 is 4.74 Å². The fourth-order valence-corrected chi connectivity index (χ4v) is 2.87. The highest BCUT2D eigenvalue weighted by atomic mass is 79.9. The van der Waals surface area contributed by atoms with Crippen LogP contribution in [0, 0.1) is 0 Å². The highest BCUT2D eigenvalue weighted by Gasteiger charge is 2.26. The second kappa shape index (κ2) is 6.07. The molecule has 0 spiro atoms. The number of hydrogen-bond donors (Lipinski definition) is 0. The first-order chi connectivity index (χ1) is 8.22. The van der Waals surface area contributed by atoms with E-state index in [1.165, 1.54) is 6.42 Å². The van der Waals surface area contributed by atoms with Crippen LogP contribution in [0.2, 0.25) is 0 Å². The van der Waals surface area contributed by atoms with Crippen LogP contribution >= 0.6 is 27.5 Å². The molecule has 1 heterocycles. The second-order valence-corrected chi connectivity index (χ2v) is 5.58. The van der Waals surface area contributed by atoms with Crippen LogP contribution in [0.1, 0.15) is 30.2 Å². The number of rotatable bonds is 3. The van der Waals surface area contributed by atoms with E-state index in [0.717, 1.165) is 35.2 Å². The van der Waals surface area contributed by atoms with Gasteiger partial charge >= 0.3 is 0 Å². The Morgan fingerprint density at radius 3 is 2.94 bits per heavy atom. The summed E-state index contributed by atoms with van der Waals surface area (Å²) in [6, 6.07) is 5.89. The largest absolute Gasteiger partial charge is 0.496 e. The van der Waals surface area contributed by atoms with E-state index in [-0.39, 0.29) is 11.5 Å². The van der Waals surface area contributed by atoms with Crippen molar-refractivity contribution in [3.05, 3.63) is 28.2 Å². The molecule has 0 radical (unpaired) electrons. The first-order valence-corrected chi connectivity index (χ1v) is 7.04. The van der Waals surface area contributed by atoms with Crippen molar-refractivity contribution in [1.82, 2.24) is 0 Å². The second-order valence-electron chi connectivity index (χ2n) is 4.19. The number of benzene rings is 1. The third kappa shape index (κ3) is 3.15. The summed E-state index contributed by atoms with van der Waals surface area (Å²) in [5, 5.41) is -0.150. The van der Waals surface area contributed by atoms with Crippen molar-refractivity contribution in [1.29, 1.82) is 0 Å². The lowest BCUT2D eigenvalue weighted by atomic mass is 10.00. The molecule has 0 saturated carbocycles. The Bertz CT molecular complexity index is 378. The molecule has 2 rings (SSSR count). The van der Waals surface area contributed by atoms with E-state index < -0.39 is 0 Å². The molecule has 1 aromatic carbocycles. The molecule has 2 atom stereocenters. The maximum atomic E-state index is 6.52. The smallest absolute Gasteiger partial charge is 0.123 e. The average molecular weight is 320 g/mol. The molecule has 17 heavy (non-hydrogen) atoms. The first-order valence-electron chi connectivity index (χ1n) is 5.81. The van der Waals surface area contributed by atoms with Crippen LogP contribution in [0.25, 0.3) is 0 Å². The molecule has 1 saturated heterocycles. The molecule has 1 fully saturated rings. The third-order valence-electron chi connectivity index (χ3n) is 3.03. The Kier molecular flexibility index (Phi) is 4.71. The van der Waals surface area contributed by atoms with E-state index in [1.807, 2.05) is 18.2 Å². The van der Waals surface area contributed by atoms with Gasteiger partial charge in [0.1, 0.15) is 5.75 Å². The van der Waals surface area contributed by atoms with Crippen molar-refractivity contribution >= 4 is 27.5 Å². The molecular weight excluding hydrogens is 303 g/mol. The van der Waals surface area contributed by atoms with Gasteiger partial charge < -0.3 is 9.47 Å². The molecule has 1 aliphatic heterocycles. The lowest BCUT2D eigenvalue weighted by Crippen LogP contribution is -2.23. The molecule has 0 amide bonds. The first kappa shape index (κ1) is 13.2. The molecule has 2 unspecified atom stereocenters. The molecule has 1 aliphatic rings. The van der Waals surface area contributed by atoms with Crippen molar-refractivity contribution in [2.45, 2.75) is 30.7 Å². The van der Waals surface area contributed by atoms with Crippen LogP contribution in [0.5, 0.6) is 5.75 Å². The summed E-state index contributed by atoms with van der Waals surface area (Å²) < 4.78 is 12.1. The topological polar surface area (TPSA) is 18.5 Å². The zero-order valence-corrected chi connectivity index (χ0v) is 12.1. The number of alkyl halides is 1. The molecular formula is C13H16BrClO2. The van der Waals surface area contributed by atoms with E-state index in [2.05, 4.69) is 15.9 Å². The molecule has 0 bridgehead atoms. The lowest BCUT2D eigenvalue weighted by Gasteiger charge is -2.27. The van der Waals surface area contributed by atoms with Gasteiger partial charge in [-0.2, -0.15) is 0 Å². The predicted octanol–water partition coefficient (Wildman–Crippen LogP) is 4.31. The van der Waals surface area contributed by atoms with Crippen LogP contribution in [0.15, 0.2) is 22.7 Å². The number of halogens is 2. The zero-order valence-electron chi connectivity index (χ0n) is 9.79. The van der Waals surface area contributed by atoms with Crippen molar-refractivity contribution < 1.29 is 9.47 Å². The summed E-state index contributed by atoms with van der Waals surface area (Å²) in [6.07, 6.45) is 3.43. The van der Waals surface area contributed by atoms with Crippen LogP contribution in [0.4, 0.5) is 0 Å². The average Bonchev–Trinajstić information content (AvgIpc) is 2.39. The Balaban J connectivity index is 2.21. The van der Waals surface area contributed by atoms with Gasteiger partial charge in [0, 0.05) is 16.6 Å². The Morgan fingerprint density at radius 2 is 2.29 bits per heavy atom. The minimum Gasteiger partial charge on any atom is -0.496 e. The van der Waals surface area contributed by atoms with E-state index in [9.17, 15) is 0 Å². The minimum atomic E-state index is -0.150. The minimum absolute atomic E-state index is 0.0913. The van der Waals surface area contributed by atoms with Gasteiger partial charge in [0.05, 0.1) is 18.6 Å². The van der Waals surface area contributed by atoms with Crippen LogP contribution in [-0.4, -0.2) is 19.8 Å². The van der Waals surface area contributed by atoms with Crippen molar-refractivity contribution in [2.24, 2.45) is 0 Å². The standard InChI is InChI=1S/C13H16BrClO2/c1-16-11-6-5-9(14)8-10(11)13(15)12-4-2-3-7-17-12/h5-6,8,12-13H,2-4,7H2,1H3. The molecule has 1 aromatic rings. The number of ether oxygens (including phenoxy) is 2. The Labute approximate surface area is 115 Å². The fraction of sp³-hybridized carbons (Fsp3) is 0.538. The molecule has 0 aromatic heterocycles. The maximum Gasteiger partial charge on any atom is 0.123 e.